The highest BCUT2D eigenvalue weighted by atomic mass is 16.2. The third kappa shape index (κ3) is 2.62. The van der Waals surface area contributed by atoms with Crippen LogP contribution in [0, 0.1) is 11.8 Å². The summed E-state index contributed by atoms with van der Waals surface area (Å²) in [7, 11) is 0. The van der Waals surface area contributed by atoms with Crippen LogP contribution in [0.2, 0.25) is 0 Å². The third-order valence-electron chi connectivity index (χ3n) is 5.62. The first-order valence-corrected chi connectivity index (χ1v) is 8.90. The van der Waals surface area contributed by atoms with Crippen molar-refractivity contribution in [2.24, 2.45) is 11.8 Å². The second-order valence-electron chi connectivity index (χ2n) is 7.15. The van der Waals surface area contributed by atoms with Crippen molar-refractivity contribution in [2.45, 2.75) is 44.9 Å². The summed E-state index contributed by atoms with van der Waals surface area (Å²) in [6.07, 6.45) is 6.85. The fraction of sp³-hybridized carbons (Fsp3) is 0.526. The van der Waals surface area contributed by atoms with Crippen LogP contribution < -0.4 is 5.32 Å². The summed E-state index contributed by atoms with van der Waals surface area (Å²) in [4.78, 5) is 38.3. The number of nitrogens with zero attached hydrogens (tertiary/aromatic N) is 1. The molecule has 2 aliphatic carbocycles. The number of hydrogen-bond acceptors (Lipinski definition) is 3. The van der Waals surface area contributed by atoms with E-state index < -0.39 is 0 Å². The molecule has 2 atom stereocenters. The van der Waals surface area contributed by atoms with Crippen molar-refractivity contribution in [1.82, 2.24) is 4.90 Å². The first-order valence-electron chi connectivity index (χ1n) is 8.90. The average molecular weight is 326 g/mol. The van der Waals surface area contributed by atoms with Crippen molar-refractivity contribution in [3.05, 3.63) is 29.3 Å². The van der Waals surface area contributed by atoms with Gasteiger partial charge in [0.15, 0.2) is 0 Å². The summed E-state index contributed by atoms with van der Waals surface area (Å²) in [6, 6.07) is 5.96. The largest absolute Gasteiger partial charge is 0.325 e. The van der Waals surface area contributed by atoms with Crippen LogP contribution in [0.5, 0.6) is 0 Å². The van der Waals surface area contributed by atoms with Crippen molar-refractivity contribution < 1.29 is 14.4 Å². The van der Waals surface area contributed by atoms with Gasteiger partial charge in [0.2, 0.25) is 17.7 Å². The molecule has 5 nitrogen and oxygen atoms in total. The van der Waals surface area contributed by atoms with E-state index in [1.54, 1.807) is 0 Å². The zero-order chi connectivity index (χ0) is 16.7. The monoisotopic (exact) mass is 326 g/mol. The Morgan fingerprint density at radius 1 is 1.00 bits per heavy atom. The van der Waals surface area contributed by atoms with E-state index in [1.807, 2.05) is 12.1 Å². The summed E-state index contributed by atoms with van der Waals surface area (Å²) >= 11 is 0. The van der Waals surface area contributed by atoms with Crippen molar-refractivity contribution in [3.63, 3.8) is 0 Å². The minimum Gasteiger partial charge on any atom is -0.325 e. The molecule has 1 N–H and O–H groups in total. The maximum absolute atomic E-state index is 12.4. The molecule has 1 aromatic carbocycles. The van der Waals surface area contributed by atoms with Gasteiger partial charge in [0.05, 0.1) is 11.8 Å². The number of carbonyl (C=O) groups excluding carboxylic acids is 3. The Kier molecular flexibility index (Phi) is 3.87. The fourth-order valence-corrected chi connectivity index (χ4v) is 4.38. The standard InChI is InChI=1S/C19H22N2O3/c22-17(20-14-9-8-12-4-3-5-13(12)10-14)11-21-18(23)15-6-1-2-7-16(15)19(21)24/h8-10,15-16H,1-7,11H2,(H,20,22)/t15-,16-/m1/s1. The fourth-order valence-electron chi connectivity index (χ4n) is 4.38. The molecule has 0 radical (unpaired) electrons. The van der Waals surface area contributed by atoms with Crippen LogP contribution in [0.3, 0.4) is 0 Å². The zero-order valence-electron chi connectivity index (χ0n) is 13.7. The van der Waals surface area contributed by atoms with E-state index in [0.29, 0.717) is 0 Å². The van der Waals surface area contributed by atoms with Gasteiger partial charge in [-0.3, -0.25) is 19.3 Å². The highest BCUT2D eigenvalue weighted by Crippen LogP contribution is 2.37. The highest BCUT2D eigenvalue weighted by Gasteiger charge is 2.48. The molecule has 1 heterocycles. The lowest BCUT2D eigenvalue weighted by atomic mass is 9.81. The Balaban J connectivity index is 1.42. The van der Waals surface area contributed by atoms with Crippen LogP contribution in [0.15, 0.2) is 18.2 Å². The maximum Gasteiger partial charge on any atom is 0.244 e. The summed E-state index contributed by atoms with van der Waals surface area (Å²) in [5.41, 5.74) is 3.38. The number of fused-ring (bicyclic) bond motifs is 2. The molecule has 1 aromatic rings. The Morgan fingerprint density at radius 2 is 1.67 bits per heavy atom. The number of amides is 3. The molecule has 126 valence electrons. The van der Waals surface area contributed by atoms with Gasteiger partial charge in [-0.15, -0.1) is 0 Å². The van der Waals surface area contributed by atoms with E-state index in [1.165, 1.54) is 16.0 Å². The normalized spacial score (nSPS) is 25.6. The van der Waals surface area contributed by atoms with Crippen LogP contribution in [-0.4, -0.2) is 29.2 Å². The average Bonchev–Trinajstić information content (AvgIpc) is 3.14. The van der Waals surface area contributed by atoms with Gasteiger partial charge >= 0.3 is 0 Å². The van der Waals surface area contributed by atoms with Gasteiger partial charge < -0.3 is 5.32 Å². The van der Waals surface area contributed by atoms with Crippen LogP contribution in [0.25, 0.3) is 0 Å². The minimum absolute atomic E-state index is 0.159. The molecule has 0 spiro atoms. The van der Waals surface area contributed by atoms with Gasteiger partial charge in [0.25, 0.3) is 0 Å². The number of aryl methyl sites for hydroxylation is 2. The highest BCUT2D eigenvalue weighted by molar-refractivity contribution is 6.08. The summed E-state index contributed by atoms with van der Waals surface area (Å²) in [5.74, 6) is -1.01. The Morgan fingerprint density at radius 3 is 2.38 bits per heavy atom. The third-order valence-corrected chi connectivity index (χ3v) is 5.62. The zero-order valence-corrected chi connectivity index (χ0v) is 13.7. The second-order valence-corrected chi connectivity index (χ2v) is 7.15. The first kappa shape index (κ1) is 15.4. The SMILES string of the molecule is O=C(CN1C(=O)[C@@H]2CCCC[C@H]2C1=O)Nc1ccc2c(c1)CCC2. The minimum atomic E-state index is -0.298. The van der Waals surface area contributed by atoms with Crippen molar-refractivity contribution in [1.29, 1.82) is 0 Å². The van der Waals surface area contributed by atoms with Crippen LogP contribution in [-0.2, 0) is 27.2 Å². The van der Waals surface area contributed by atoms with E-state index in [-0.39, 0.29) is 36.1 Å². The Hall–Kier alpha value is -2.17. The molecule has 3 aliphatic rings. The molecule has 0 aromatic heterocycles. The van der Waals surface area contributed by atoms with Gasteiger partial charge in [0.1, 0.15) is 6.54 Å². The lowest BCUT2D eigenvalue weighted by molar-refractivity contribution is -0.142. The predicted octanol–water partition coefficient (Wildman–Crippen LogP) is 2.29. The van der Waals surface area contributed by atoms with Gasteiger partial charge in [-0.1, -0.05) is 18.9 Å². The summed E-state index contributed by atoms with van der Waals surface area (Å²) in [5, 5.41) is 2.84. The number of benzene rings is 1. The number of anilines is 1. The molecular formula is C19H22N2O3. The van der Waals surface area contributed by atoms with Crippen molar-refractivity contribution in [3.8, 4) is 0 Å². The summed E-state index contributed by atoms with van der Waals surface area (Å²) < 4.78 is 0. The molecule has 3 amide bonds. The summed E-state index contributed by atoms with van der Waals surface area (Å²) in [6.45, 7) is -0.165. The molecule has 1 aliphatic heterocycles. The lowest BCUT2D eigenvalue weighted by Gasteiger charge is -2.19. The van der Waals surface area contributed by atoms with E-state index in [4.69, 9.17) is 0 Å². The van der Waals surface area contributed by atoms with E-state index in [2.05, 4.69) is 11.4 Å². The van der Waals surface area contributed by atoms with Gasteiger partial charge in [-0.2, -0.15) is 0 Å². The number of rotatable bonds is 3. The van der Waals surface area contributed by atoms with E-state index in [0.717, 1.165) is 50.6 Å². The van der Waals surface area contributed by atoms with Crippen LogP contribution >= 0.6 is 0 Å². The molecule has 4 rings (SSSR count). The smallest absolute Gasteiger partial charge is 0.244 e. The quantitative estimate of drug-likeness (QED) is 0.867. The lowest BCUT2D eigenvalue weighted by Crippen LogP contribution is -2.38. The van der Waals surface area contributed by atoms with Crippen molar-refractivity contribution in [2.75, 3.05) is 11.9 Å². The molecule has 2 fully saturated rings. The van der Waals surface area contributed by atoms with E-state index >= 15 is 0 Å². The van der Waals surface area contributed by atoms with Gasteiger partial charge in [0, 0.05) is 5.69 Å². The molecule has 0 unspecified atom stereocenters. The number of nitrogens with one attached hydrogen (secondary N) is 1. The van der Waals surface area contributed by atoms with Gasteiger partial charge in [-0.25, -0.2) is 0 Å². The topological polar surface area (TPSA) is 66.5 Å². The number of imide groups is 1. The second kappa shape index (κ2) is 6.04. The molecule has 24 heavy (non-hydrogen) atoms. The van der Waals surface area contributed by atoms with Gasteiger partial charge in [-0.05, 0) is 55.4 Å². The molecule has 0 bridgehead atoms. The first-order chi connectivity index (χ1) is 11.6. The molecule has 1 saturated carbocycles. The van der Waals surface area contributed by atoms with Crippen molar-refractivity contribution >= 4 is 23.4 Å². The Bertz CT molecular complexity index is 689. The maximum atomic E-state index is 12.4. The molecular weight excluding hydrogens is 304 g/mol. The van der Waals surface area contributed by atoms with Crippen LogP contribution in [0.4, 0.5) is 5.69 Å². The van der Waals surface area contributed by atoms with Crippen LogP contribution in [0.1, 0.15) is 43.2 Å². The number of hydrogen-bond donors (Lipinski definition) is 1. The number of likely N-dealkylation sites (tertiary alicyclic amines) is 1. The molecule has 1 saturated heterocycles. The number of carbonyl (C=O) groups is 3. The van der Waals surface area contributed by atoms with E-state index in [9.17, 15) is 14.4 Å². The predicted molar refractivity (Wildman–Crippen MR) is 89.3 cm³/mol. The molecule has 5 heteroatoms. The Labute approximate surface area is 141 Å².